The molecule has 0 atom stereocenters. The molecule has 5 rings (SSSR count). The van der Waals surface area contributed by atoms with Gasteiger partial charge in [0.05, 0.1) is 12.3 Å². The van der Waals surface area contributed by atoms with Gasteiger partial charge in [-0.1, -0.05) is 48.5 Å². The smallest absolute Gasteiger partial charge is 0.335 e. The first-order chi connectivity index (χ1) is 20.3. The summed E-state index contributed by atoms with van der Waals surface area (Å²) in [6, 6.07) is 22.5. The highest BCUT2D eigenvalue weighted by molar-refractivity contribution is 6.39. The third kappa shape index (κ3) is 5.95. The highest BCUT2D eigenvalue weighted by atomic mass is 16.5. The van der Waals surface area contributed by atoms with Crippen LogP contribution in [0.5, 0.6) is 11.5 Å². The number of ether oxygens (including phenoxy) is 2. The predicted molar refractivity (Wildman–Crippen MR) is 165 cm³/mol. The Morgan fingerprint density at radius 1 is 0.881 bits per heavy atom. The largest absolute Gasteiger partial charge is 0.490 e. The van der Waals surface area contributed by atoms with Gasteiger partial charge in [-0.15, -0.1) is 6.58 Å². The summed E-state index contributed by atoms with van der Waals surface area (Å²) in [5, 5.41) is 4.57. The lowest BCUT2D eigenvalue weighted by Gasteiger charge is -2.27. The number of aryl methyl sites for hydroxylation is 2. The number of allylic oxidation sites excluding steroid dienone is 1. The number of carbonyl (C=O) groups excluding carboxylic acids is 3. The third-order valence-corrected chi connectivity index (χ3v) is 6.89. The van der Waals surface area contributed by atoms with Crippen LogP contribution in [0.4, 0.5) is 10.5 Å². The molecule has 0 bridgehead atoms. The van der Waals surface area contributed by atoms with E-state index in [0.29, 0.717) is 42.4 Å². The van der Waals surface area contributed by atoms with Crippen LogP contribution >= 0.6 is 0 Å². The number of nitrogens with one attached hydrogen (secondary N) is 1. The van der Waals surface area contributed by atoms with Gasteiger partial charge in [-0.25, -0.2) is 9.69 Å². The van der Waals surface area contributed by atoms with E-state index >= 15 is 0 Å². The molecule has 4 aromatic rings. The Morgan fingerprint density at radius 2 is 1.62 bits per heavy atom. The molecule has 0 unspecified atom stereocenters. The van der Waals surface area contributed by atoms with E-state index < -0.39 is 17.8 Å². The molecule has 4 aromatic carbocycles. The van der Waals surface area contributed by atoms with Crippen molar-refractivity contribution in [3.63, 3.8) is 0 Å². The topological polar surface area (TPSA) is 84.9 Å². The number of imide groups is 2. The average Bonchev–Trinajstić information content (AvgIpc) is 2.94. The Hall–Kier alpha value is -5.17. The monoisotopic (exact) mass is 560 g/mol. The molecular formula is C35H32N2O5. The normalized spacial score (nSPS) is 14.3. The van der Waals surface area contributed by atoms with Gasteiger partial charge in [-0.05, 0) is 96.6 Å². The lowest BCUT2D eigenvalue weighted by Crippen LogP contribution is -2.54. The lowest BCUT2D eigenvalue weighted by atomic mass is 10.0. The van der Waals surface area contributed by atoms with Gasteiger partial charge < -0.3 is 9.47 Å². The van der Waals surface area contributed by atoms with Crippen LogP contribution in [0.3, 0.4) is 0 Å². The number of nitrogens with zero attached hydrogens (tertiary/aromatic N) is 1. The number of anilines is 1. The zero-order valence-corrected chi connectivity index (χ0v) is 23.9. The fourth-order valence-electron chi connectivity index (χ4n) is 5.12. The molecule has 7 nitrogen and oxygen atoms in total. The van der Waals surface area contributed by atoms with Crippen molar-refractivity contribution in [2.24, 2.45) is 0 Å². The Kier molecular flexibility index (Phi) is 8.20. The first kappa shape index (κ1) is 28.4. The van der Waals surface area contributed by atoms with Gasteiger partial charge in [-0.3, -0.25) is 14.9 Å². The number of carbonyl (C=O) groups is 3. The second-order valence-corrected chi connectivity index (χ2v) is 10.2. The van der Waals surface area contributed by atoms with Gasteiger partial charge >= 0.3 is 6.03 Å². The lowest BCUT2D eigenvalue weighted by molar-refractivity contribution is -0.122. The molecule has 0 saturated carbocycles. The standard InChI is InChI=1S/C35H32N2O5/c1-5-9-28-18-25(19-30-33(38)36-35(40)37(34(30)39)29-15-22(3)14-23(4)16-29)20-31(41-6-2)32(28)42-21-24-12-13-26-10-7-8-11-27(26)17-24/h5,7-8,10-20H,1,6,9,21H2,2-4H3,(H,36,38,40)/b30-19+. The van der Waals surface area contributed by atoms with Crippen LogP contribution in [0, 0.1) is 13.8 Å². The Balaban J connectivity index is 1.50. The van der Waals surface area contributed by atoms with Crippen LogP contribution in [0.25, 0.3) is 16.8 Å². The molecular weight excluding hydrogens is 528 g/mol. The molecule has 1 aliphatic heterocycles. The number of hydrogen-bond acceptors (Lipinski definition) is 5. The number of benzene rings is 4. The Bertz CT molecular complexity index is 1730. The summed E-state index contributed by atoms with van der Waals surface area (Å²) in [6.07, 6.45) is 3.70. The maximum Gasteiger partial charge on any atom is 0.335 e. The highest BCUT2D eigenvalue weighted by Crippen LogP contribution is 2.36. The first-order valence-corrected chi connectivity index (χ1v) is 13.8. The van der Waals surface area contributed by atoms with E-state index in [1.165, 1.54) is 6.08 Å². The third-order valence-electron chi connectivity index (χ3n) is 6.89. The SMILES string of the molecule is C=CCc1cc(/C=C2\C(=O)NC(=O)N(c3cc(C)cc(C)c3)C2=O)cc(OCC)c1OCc1ccc2ccccc2c1. The predicted octanol–water partition coefficient (Wildman–Crippen LogP) is 6.83. The molecule has 1 heterocycles. The number of rotatable bonds is 9. The van der Waals surface area contributed by atoms with E-state index in [-0.39, 0.29) is 5.57 Å². The molecule has 1 fully saturated rings. The van der Waals surface area contributed by atoms with Crippen molar-refractivity contribution in [1.82, 2.24) is 5.32 Å². The quantitative estimate of drug-likeness (QED) is 0.138. The van der Waals surface area contributed by atoms with Gasteiger partial charge in [-0.2, -0.15) is 0 Å². The van der Waals surface area contributed by atoms with Gasteiger partial charge in [0.15, 0.2) is 11.5 Å². The fourth-order valence-corrected chi connectivity index (χ4v) is 5.12. The van der Waals surface area contributed by atoms with Crippen molar-refractivity contribution >= 4 is 40.4 Å². The van der Waals surface area contributed by atoms with Crippen molar-refractivity contribution in [1.29, 1.82) is 0 Å². The molecule has 1 aliphatic rings. The van der Waals surface area contributed by atoms with Crippen LogP contribution in [0.1, 0.15) is 34.7 Å². The molecule has 1 N–H and O–H groups in total. The average molecular weight is 561 g/mol. The van der Waals surface area contributed by atoms with E-state index in [2.05, 4.69) is 36.2 Å². The molecule has 42 heavy (non-hydrogen) atoms. The van der Waals surface area contributed by atoms with Crippen molar-refractivity contribution in [2.45, 2.75) is 33.8 Å². The zero-order chi connectivity index (χ0) is 29.8. The molecule has 0 aliphatic carbocycles. The molecule has 7 heteroatoms. The number of urea groups is 1. The number of barbiturate groups is 1. The van der Waals surface area contributed by atoms with E-state index in [1.807, 2.05) is 51.1 Å². The summed E-state index contributed by atoms with van der Waals surface area (Å²) in [5.74, 6) is -0.409. The second kappa shape index (κ2) is 12.1. The summed E-state index contributed by atoms with van der Waals surface area (Å²) in [7, 11) is 0. The van der Waals surface area contributed by atoms with Crippen molar-refractivity contribution in [3.05, 3.63) is 119 Å². The molecule has 0 radical (unpaired) electrons. The van der Waals surface area contributed by atoms with E-state index in [1.54, 1.807) is 24.3 Å². The highest BCUT2D eigenvalue weighted by Gasteiger charge is 2.37. The minimum absolute atomic E-state index is 0.161. The molecule has 0 aromatic heterocycles. The van der Waals surface area contributed by atoms with Crippen LogP contribution in [-0.2, 0) is 22.6 Å². The summed E-state index contributed by atoms with van der Waals surface area (Å²) in [4.78, 5) is 40.1. The second-order valence-electron chi connectivity index (χ2n) is 10.2. The van der Waals surface area contributed by atoms with Crippen molar-refractivity contribution < 1.29 is 23.9 Å². The summed E-state index contributed by atoms with van der Waals surface area (Å²) < 4.78 is 12.3. The Labute approximate surface area is 245 Å². The zero-order valence-electron chi connectivity index (χ0n) is 23.9. The van der Waals surface area contributed by atoms with Gasteiger partial charge in [0.1, 0.15) is 12.2 Å². The van der Waals surface area contributed by atoms with Gasteiger partial charge in [0, 0.05) is 5.56 Å². The molecule has 1 saturated heterocycles. The van der Waals surface area contributed by atoms with Crippen LogP contribution in [0.2, 0.25) is 0 Å². The van der Waals surface area contributed by atoms with Gasteiger partial charge in [0.2, 0.25) is 0 Å². The fraction of sp³-hybridized carbons (Fsp3) is 0.171. The minimum Gasteiger partial charge on any atom is -0.490 e. The number of amides is 4. The van der Waals surface area contributed by atoms with E-state index in [0.717, 1.165) is 37.9 Å². The summed E-state index contributed by atoms with van der Waals surface area (Å²) >= 11 is 0. The van der Waals surface area contributed by atoms with Crippen LogP contribution in [0.15, 0.2) is 91.0 Å². The van der Waals surface area contributed by atoms with Crippen LogP contribution < -0.4 is 19.7 Å². The number of hydrogen-bond donors (Lipinski definition) is 1. The van der Waals surface area contributed by atoms with E-state index in [4.69, 9.17) is 9.47 Å². The summed E-state index contributed by atoms with van der Waals surface area (Å²) in [5.41, 5.74) is 4.37. The van der Waals surface area contributed by atoms with Crippen molar-refractivity contribution in [3.8, 4) is 11.5 Å². The van der Waals surface area contributed by atoms with Crippen LogP contribution in [-0.4, -0.2) is 24.5 Å². The Morgan fingerprint density at radius 3 is 2.33 bits per heavy atom. The minimum atomic E-state index is -0.785. The van der Waals surface area contributed by atoms with Gasteiger partial charge in [0.25, 0.3) is 11.8 Å². The molecule has 0 spiro atoms. The molecule has 212 valence electrons. The van der Waals surface area contributed by atoms with Crippen molar-refractivity contribution in [2.75, 3.05) is 11.5 Å². The first-order valence-electron chi connectivity index (χ1n) is 13.8. The maximum atomic E-state index is 13.5. The number of fused-ring (bicyclic) bond motifs is 1. The maximum absolute atomic E-state index is 13.5. The van der Waals surface area contributed by atoms with E-state index in [9.17, 15) is 14.4 Å². The summed E-state index contributed by atoms with van der Waals surface area (Å²) in [6.45, 7) is 10.2. The molecule has 4 amide bonds.